The van der Waals surface area contributed by atoms with E-state index >= 15 is 0 Å². The number of benzene rings is 2. The molecule has 8 heteroatoms. The Labute approximate surface area is 156 Å². The van der Waals surface area contributed by atoms with Gasteiger partial charge in [0.15, 0.2) is 0 Å². The van der Waals surface area contributed by atoms with Gasteiger partial charge in [-0.15, -0.1) is 0 Å². The summed E-state index contributed by atoms with van der Waals surface area (Å²) in [6, 6.07) is 12.2. The first kappa shape index (κ1) is 17.2. The summed E-state index contributed by atoms with van der Waals surface area (Å²) in [4.78, 5) is 23.4. The Morgan fingerprint density at radius 1 is 1.04 bits per heavy atom. The van der Waals surface area contributed by atoms with Crippen molar-refractivity contribution in [2.45, 2.75) is 0 Å². The van der Waals surface area contributed by atoms with Crippen molar-refractivity contribution in [2.75, 3.05) is 0 Å². The third-order valence-corrected chi connectivity index (χ3v) is 4.64. The van der Waals surface area contributed by atoms with Crippen molar-refractivity contribution in [3.05, 3.63) is 76.8 Å². The average molecular weight is 383 g/mol. The number of nitrogens with one attached hydrogen (secondary N) is 1. The van der Waals surface area contributed by atoms with Crippen molar-refractivity contribution in [1.29, 1.82) is 0 Å². The Kier molecular flexibility index (Phi) is 4.33. The minimum atomic E-state index is -0.735. The van der Waals surface area contributed by atoms with Crippen LogP contribution in [0.1, 0.15) is 5.56 Å². The van der Waals surface area contributed by atoms with Crippen LogP contribution < -0.4 is 5.32 Å². The van der Waals surface area contributed by atoms with Crippen molar-refractivity contribution in [3.8, 4) is 16.9 Å². The molecule has 2 aromatic carbocycles. The number of hydrogen-bond acceptors (Lipinski definition) is 4. The molecule has 0 unspecified atom stereocenters. The summed E-state index contributed by atoms with van der Waals surface area (Å²) in [5.74, 6) is -1.99. The van der Waals surface area contributed by atoms with Gasteiger partial charge in [0.05, 0.1) is 10.6 Å². The van der Waals surface area contributed by atoms with Gasteiger partial charge in [0.2, 0.25) is 0 Å². The van der Waals surface area contributed by atoms with E-state index in [0.717, 1.165) is 35.6 Å². The van der Waals surface area contributed by atoms with E-state index in [1.165, 1.54) is 6.08 Å². The van der Waals surface area contributed by atoms with Gasteiger partial charge in [0, 0.05) is 23.4 Å². The predicted molar refractivity (Wildman–Crippen MR) is 98.0 cm³/mol. The maximum Gasteiger partial charge on any atom is 0.290 e. The van der Waals surface area contributed by atoms with Crippen molar-refractivity contribution >= 4 is 29.0 Å². The quantitative estimate of drug-likeness (QED) is 0.691. The molecule has 2 amide bonds. The van der Waals surface area contributed by atoms with E-state index in [9.17, 15) is 18.4 Å². The van der Waals surface area contributed by atoms with Crippen LogP contribution in [0.3, 0.4) is 0 Å². The molecule has 0 radical (unpaired) electrons. The van der Waals surface area contributed by atoms with Gasteiger partial charge in [-0.3, -0.25) is 14.9 Å². The van der Waals surface area contributed by atoms with E-state index in [0.29, 0.717) is 5.56 Å². The van der Waals surface area contributed by atoms with Crippen LogP contribution in [0, 0.1) is 11.6 Å². The zero-order valence-electron chi connectivity index (χ0n) is 13.6. The number of nitrogens with zero attached hydrogens (tertiary/aromatic N) is 2. The molecule has 0 spiro atoms. The fourth-order valence-corrected chi connectivity index (χ4v) is 3.36. The summed E-state index contributed by atoms with van der Waals surface area (Å²) < 4.78 is 28.9. The normalized spacial score (nSPS) is 15.4. The average Bonchev–Trinajstić information content (AvgIpc) is 3.18. The molecule has 1 aromatic heterocycles. The topological polar surface area (TPSA) is 64.0 Å². The second-order valence-corrected chi connectivity index (χ2v) is 6.74. The van der Waals surface area contributed by atoms with Gasteiger partial charge >= 0.3 is 0 Å². The minimum absolute atomic E-state index is 0.186. The van der Waals surface area contributed by atoms with Crippen LogP contribution in [-0.4, -0.2) is 20.9 Å². The molecule has 134 valence electrons. The first-order chi connectivity index (χ1) is 13.0. The Morgan fingerprint density at radius 2 is 1.74 bits per heavy atom. The minimum Gasteiger partial charge on any atom is -0.282 e. The molecule has 1 aliphatic heterocycles. The Bertz CT molecular complexity index is 1070. The van der Waals surface area contributed by atoms with Crippen LogP contribution in [-0.2, 0) is 4.79 Å². The number of aromatic nitrogens is 2. The second-order valence-electron chi connectivity index (χ2n) is 5.72. The first-order valence-electron chi connectivity index (χ1n) is 7.86. The van der Waals surface area contributed by atoms with E-state index < -0.39 is 22.8 Å². The highest BCUT2D eigenvalue weighted by molar-refractivity contribution is 8.18. The van der Waals surface area contributed by atoms with Crippen molar-refractivity contribution in [1.82, 2.24) is 15.1 Å². The van der Waals surface area contributed by atoms with Gasteiger partial charge in [0.25, 0.3) is 11.1 Å². The standard InChI is InChI=1S/C19H11F2N3O2S/c20-13-6-11(7-14(21)9-13)17-12(8-16-18(25)22-19(26)27-16)10-24(23-17)15-4-2-1-3-5-15/h1-10H,(H,22,25,26). The highest BCUT2D eigenvalue weighted by atomic mass is 32.2. The van der Waals surface area contributed by atoms with Gasteiger partial charge in [-0.05, 0) is 42.1 Å². The smallest absolute Gasteiger partial charge is 0.282 e. The van der Waals surface area contributed by atoms with Crippen LogP contribution in [0.5, 0.6) is 0 Å². The number of hydrogen-bond donors (Lipinski definition) is 1. The molecular weight excluding hydrogens is 372 g/mol. The summed E-state index contributed by atoms with van der Waals surface area (Å²) in [6.07, 6.45) is 3.12. The van der Waals surface area contributed by atoms with Gasteiger partial charge in [-0.25, -0.2) is 13.5 Å². The summed E-state index contributed by atoms with van der Waals surface area (Å²) >= 11 is 0.760. The summed E-state index contributed by atoms with van der Waals surface area (Å²) in [6.45, 7) is 0. The molecule has 0 bridgehead atoms. The number of imide groups is 1. The molecule has 0 atom stereocenters. The van der Waals surface area contributed by atoms with Crippen LogP contribution in [0.25, 0.3) is 23.0 Å². The van der Waals surface area contributed by atoms with Crippen LogP contribution >= 0.6 is 11.8 Å². The van der Waals surface area contributed by atoms with Crippen molar-refractivity contribution in [3.63, 3.8) is 0 Å². The van der Waals surface area contributed by atoms with Gasteiger partial charge in [0.1, 0.15) is 17.3 Å². The second kappa shape index (κ2) is 6.81. The highest BCUT2D eigenvalue weighted by Gasteiger charge is 2.26. The molecular formula is C19H11F2N3O2S. The lowest BCUT2D eigenvalue weighted by Crippen LogP contribution is -2.17. The number of para-hydroxylation sites is 1. The largest absolute Gasteiger partial charge is 0.290 e. The molecule has 1 fully saturated rings. The number of rotatable bonds is 3. The SMILES string of the molecule is O=C1NC(=O)C(=Cc2cn(-c3ccccc3)nc2-c2cc(F)cc(F)c2)S1. The van der Waals surface area contributed by atoms with Crippen LogP contribution in [0.15, 0.2) is 59.6 Å². The molecule has 2 heterocycles. The van der Waals surface area contributed by atoms with Crippen LogP contribution in [0.4, 0.5) is 13.6 Å². The predicted octanol–water partition coefficient (Wildman–Crippen LogP) is 4.14. The number of halogens is 2. The van der Waals surface area contributed by atoms with E-state index in [-0.39, 0.29) is 16.2 Å². The molecule has 1 aliphatic rings. The molecule has 1 N–H and O–H groups in total. The fourth-order valence-electron chi connectivity index (χ4n) is 2.68. The fraction of sp³-hybridized carbons (Fsp3) is 0. The molecule has 27 heavy (non-hydrogen) atoms. The van der Waals surface area contributed by atoms with Gasteiger partial charge < -0.3 is 0 Å². The van der Waals surface area contributed by atoms with Gasteiger partial charge in [-0.2, -0.15) is 5.10 Å². The van der Waals surface area contributed by atoms with Crippen LogP contribution in [0.2, 0.25) is 0 Å². The molecule has 4 rings (SSSR count). The van der Waals surface area contributed by atoms with E-state index in [1.807, 2.05) is 30.3 Å². The number of carbonyl (C=O) groups is 2. The van der Waals surface area contributed by atoms with Crippen molar-refractivity contribution in [2.24, 2.45) is 0 Å². The lowest BCUT2D eigenvalue weighted by Gasteiger charge is -2.01. The Morgan fingerprint density at radius 3 is 2.37 bits per heavy atom. The monoisotopic (exact) mass is 383 g/mol. The first-order valence-corrected chi connectivity index (χ1v) is 8.68. The zero-order chi connectivity index (χ0) is 19.0. The third-order valence-electron chi connectivity index (χ3n) is 3.83. The molecule has 5 nitrogen and oxygen atoms in total. The molecule has 3 aromatic rings. The maximum atomic E-state index is 13.7. The Balaban J connectivity index is 1.88. The lowest BCUT2D eigenvalue weighted by molar-refractivity contribution is -0.115. The number of carbonyl (C=O) groups excluding carboxylic acids is 2. The van der Waals surface area contributed by atoms with E-state index in [1.54, 1.807) is 10.9 Å². The maximum absolute atomic E-state index is 13.7. The summed E-state index contributed by atoms with van der Waals surface area (Å²) in [5.41, 5.74) is 1.71. The summed E-state index contributed by atoms with van der Waals surface area (Å²) in [7, 11) is 0. The number of thioether (sulfide) groups is 1. The molecule has 1 saturated heterocycles. The lowest BCUT2D eigenvalue weighted by atomic mass is 10.1. The highest BCUT2D eigenvalue weighted by Crippen LogP contribution is 2.31. The zero-order valence-corrected chi connectivity index (χ0v) is 14.5. The molecule has 0 aliphatic carbocycles. The molecule has 0 saturated carbocycles. The van der Waals surface area contributed by atoms with E-state index in [4.69, 9.17) is 0 Å². The summed E-state index contributed by atoms with van der Waals surface area (Å²) in [5, 5.41) is 6.13. The third kappa shape index (κ3) is 3.52. The van der Waals surface area contributed by atoms with E-state index in [2.05, 4.69) is 10.4 Å². The van der Waals surface area contributed by atoms with Crippen molar-refractivity contribution < 1.29 is 18.4 Å². The number of amides is 2. The van der Waals surface area contributed by atoms with Gasteiger partial charge in [-0.1, -0.05) is 18.2 Å². The Hall–Kier alpha value is -3.26.